The molecule has 0 unspecified atom stereocenters. The second kappa shape index (κ2) is 7.55. The van der Waals surface area contributed by atoms with Gasteiger partial charge in [0.25, 0.3) is 5.91 Å². The standard InChI is InChI=1S/C18H24N4O3/c1-2-10-19-17(24)20-11-8-14(9-12-20)21-13-16(23)22(18(21)25)15-6-4-3-5-7-15/h3-7,14H,2,8-13H2,1H3,(H,19,24). The molecule has 3 rings (SSSR count). The van der Waals surface area contributed by atoms with E-state index in [-0.39, 0.29) is 30.6 Å². The lowest BCUT2D eigenvalue weighted by Gasteiger charge is -2.36. The van der Waals surface area contributed by atoms with Crippen molar-refractivity contribution in [1.82, 2.24) is 15.1 Å². The maximum atomic E-state index is 12.7. The number of imide groups is 1. The molecule has 25 heavy (non-hydrogen) atoms. The van der Waals surface area contributed by atoms with Crippen LogP contribution in [0.1, 0.15) is 26.2 Å². The third-order valence-electron chi connectivity index (χ3n) is 4.73. The fraction of sp³-hybridized carbons (Fsp3) is 0.500. The molecular formula is C18H24N4O3. The molecule has 2 heterocycles. The lowest BCUT2D eigenvalue weighted by Crippen LogP contribution is -2.50. The molecule has 2 saturated heterocycles. The van der Waals surface area contributed by atoms with E-state index in [2.05, 4.69) is 5.32 Å². The van der Waals surface area contributed by atoms with E-state index in [1.807, 2.05) is 25.1 Å². The van der Waals surface area contributed by atoms with Crippen molar-refractivity contribution < 1.29 is 14.4 Å². The number of amides is 5. The number of carbonyl (C=O) groups excluding carboxylic acids is 3. The van der Waals surface area contributed by atoms with Crippen LogP contribution in [0, 0.1) is 0 Å². The van der Waals surface area contributed by atoms with Crippen molar-refractivity contribution in [3.05, 3.63) is 30.3 Å². The Morgan fingerprint density at radius 1 is 1.16 bits per heavy atom. The van der Waals surface area contributed by atoms with Gasteiger partial charge in [-0.3, -0.25) is 4.79 Å². The maximum absolute atomic E-state index is 12.7. The lowest BCUT2D eigenvalue weighted by molar-refractivity contribution is -0.116. The van der Waals surface area contributed by atoms with Gasteiger partial charge in [-0.25, -0.2) is 14.5 Å². The van der Waals surface area contributed by atoms with Crippen molar-refractivity contribution >= 4 is 23.7 Å². The summed E-state index contributed by atoms with van der Waals surface area (Å²) in [6, 6.07) is 8.70. The zero-order valence-corrected chi connectivity index (χ0v) is 14.5. The molecule has 5 amide bonds. The van der Waals surface area contributed by atoms with Crippen molar-refractivity contribution in [2.24, 2.45) is 0 Å². The first-order valence-corrected chi connectivity index (χ1v) is 8.83. The summed E-state index contributed by atoms with van der Waals surface area (Å²) in [5.74, 6) is -0.195. The molecule has 1 N–H and O–H groups in total. The molecule has 0 atom stereocenters. The molecule has 1 aromatic rings. The van der Waals surface area contributed by atoms with Crippen molar-refractivity contribution in [1.29, 1.82) is 0 Å². The third kappa shape index (κ3) is 3.60. The Hall–Kier alpha value is -2.57. The number of nitrogens with one attached hydrogen (secondary N) is 1. The van der Waals surface area contributed by atoms with E-state index in [0.29, 0.717) is 38.2 Å². The molecule has 1 aromatic carbocycles. The first-order chi connectivity index (χ1) is 12.1. The number of carbonyl (C=O) groups is 3. The summed E-state index contributed by atoms with van der Waals surface area (Å²) < 4.78 is 0. The van der Waals surface area contributed by atoms with E-state index >= 15 is 0 Å². The molecular weight excluding hydrogens is 320 g/mol. The fourth-order valence-corrected chi connectivity index (χ4v) is 3.36. The quantitative estimate of drug-likeness (QED) is 0.850. The average molecular weight is 344 g/mol. The number of piperidine rings is 1. The Labute approximate surface area is 147 Å². The van der Waals surface area contributed by atoms with Crippen LogP contribution in [-0.4, -0.2) is 60.0 Å². The van der Waals surface area contributed by atoms with Crippen LogP contribution in [0.15, 0.2) is 30.3 Å². The molecule has 0 aliphatic carbocycles. The van der Waals surface area contributed by atoms with Crippen molar-refractivity contribution in [2.75, 3.05) is 31.1 Å². The Morgan fingerprint density at radius 3 is 2.48 bits per heavy atom. The number of likely N-dealkylation sites (tertiary alicyclic amines) is 1. The highest BCUT2D eigenvalue weighted by Gasteiger charge is 2.41. The van der Waals surface area contributed by atoms with Gasteiger partial charge in [-0.15, -0.1) is 0 Å². The molecule has 7 nitrogen and oxygen atoms in total. The van der Waals surface area contributed by atoms with Gasteiger partial charge >= 0.3 is 12.1 Å². The van der Waals surface area contributed by atoms with Crippen LogP contribution in [-0.2, 0) is 4.79 Å². The minimum Gasteiger partial charge on any atom is -0.338 e. The molecule has 0 spiro atoms. The monoisotopic (exact) mass is 344 g/mol. The first-order valence-electron chi connectivity index (χ1n) is 8.83. The second-order valence-electron chi connectivity index (χ2n) is 6.43. The van der Waals surface area contributed by atoms with Gasteiger partial charge in [0.1, 0.15) is 6.54 Å². The van der Waals surface area contributed by atoms with Gasteiger partial charge in [0, 0.05) is 25.7 Å². The number of hydrogen-bond acceptors (Lipinski definition) is 3. The molecule has 134 valence electrons. The highest BCUT2D eigenvalue weighted by atomic mass is 16.2. The van der Waals surface area contributed by atoms with Gasteiger partial charge in [-0.05, 0) is 31.4 Å². The van der Waals surface area contributed by atoms with Crippen LogP contribution in [0.2, 0.25) is 0 Å². The molecule has 0 aromatic heterocycles. The second-order valence-corrected chi connectivity index (χ2v) is 6.43. The molecule has 2 aliphatic heterocycles. The summed E-state index contributed by atoms with van der Waals surface area (Å²) in [4.78, 5) is 41.7. The van der Waals surface area contributed by atoms with E-state index in [9.17, 15) is 14.4 Å². The summed E-state index contributed by atoms with van der Waals surface area (Å²) >= 11 is 0. The summed E-state index contributed by atoms with van der Waals surface area (Å²) in [5, 5.41) is 2.87. The van der Waals surface area contributed by atoms with Crippen molar-refractivity contribution in [2.45, 2.75) is 32.2 Å². The molecule has 7 heteroatoms. The fourth-order valence-electron chi connectivity index (χ4n) is 3.36. The zero-order valence-electron chi connectivity index (χ0n) is 14.5. The van der Waals surface area contributed by atoms with Gasteiger partial charge in [0.2, 0.25) is 0 Å². The van der Waals surface area contributed by atoms with Crippen LogP contribution < -0.4 is 10.2 Å². The Balaban J connectivity index is 1.60. The Morgan fingerprint density at radius 2 is 1.84 bits per heavy atom. The zero-order chi connectivity index (χ0) is 17.8. The highest BCUT2D eigenvalue weighted by molar-refractivity contribution is 6.19. The predicted octanol–water partition coefficient (Wildman–Crippen LogP) is 2.04. The van der Waals surface area contributed by atoms with E-state index < -0.39 is 0 Å². The van der Waals surface area contributed by atoms with E-state index in [0.717, 1.165) is 6.42 Å². The number of rotatable bonds is 4. The normalized spacial score (nSPS) is 18.8. The number of urea groups is 2. The predicted molar refractivity (Wildman–Crippen MR) is 94.3 cm³/mol. The van der Waals surface area contributed by atoms with Gasteiger partial charge < -0.3 is 15.1 Å². The van der Waals surface area contributed by atoms with Crippen LogP contribution in [0.3, 0.4) is 0 Å². The van der Waals surface area contributed by atoms with Gasteiger partial charge in [-0.1, -0.05) is 25.1 Å². The Bertz CT molecular complexity index is 641. The minimum absolute atomic E-state index is 0.000359. The van der Waals surface area contributed by atoms with E-state index in [1.165, 1.54) is 4.90 Å². The number of para-hydroxylation sites is 1. The average Bonchev–Trinajstić information content (AvgIpc) is 2.95. The minimum atomic E-state index is -0.259. The third-order valence-corrected chi connectivity index (χ3v) is 4.73. The maximum Gasteiger partial charge on any atom is 0.332 e. The smallest absolute Gasteiger partial charge is 0.332 e. The molecule has 0 bridgehead atoms. The summed E-state index contributed by atoms with van der Waals surface area (Å²) in [6.07, 6.45) is 2.30. The molecule has 2 fully saturated rings. The molecule has 0 saturated carbocycles. The van der Waals surface area contributed by atoms with Crippen LogP contribution >= 0.6 is 0 Å². The van der Waals surface area contributed by atoms with E-state index in [1.54, 1.807) is 21.9 Å². The van der Waals surface area contributed by atoms with Gasteiger partial charge in [0.05, 0.1) is 5.69 Å². The van der Waals surface area contributed by atoms with Gasteiger partial charge in [-0.2, -0.15) is 0 Å². The van der Waals surface area contributed by atoms with Crippen LogP contribution in [0.5, 0.6) is 0 Å². The van der Waals surface area contributed by atoms with Crippen molar-refractivity contribution in [3.8, 4) is 0 Å². The van der Waals surface area contributed by atoms with Crippen LogP contribution in [0.4, 0.5) is 15.3 Å². The first kappa shape index (κ1) is 17.3. The van der Waals surface area contributed by atoms with Crippen molar-refractivity contribution in [3.63, 3.8) is 0 Å². The summed E-state index contributed by atoms with van der Waals surface area (Å²) in [5.41, 5.74) is 0.608. The Kier molecular flexibility index (Phi) is 5.21. The largest absolute Gasteiger partial charge is 0.338 e. The topological polar surface area (TPSA) is 73.0 Å². The van der Waals surface area contributed by atoms with Crippen LogP contribution in [0.25, 0.3) is 0 Å². The molecule has 2 aliphatic rings. The van der Waals surface area contributed by atoms with Gasteiger partial charge in [0.15, 0.2) is 0 Å². The number of benzene rings is 1. The molecule has 0 radical (unpaired) electrons. The lowest BCUT2D eigenvalue weighted by atomic mass is 10.0. The number of anilines is 1. The summed E-state index contributed by atoms with van der Waals surface area (Å²) in [7, 11) is 0. The number of hydrogen-bond donors (Lipinski definition) is 1. The number of nitrogens with zero attached hydrogens (tertiary/aromatic N) is 3. The SMILES string of the molecule is CCCNC(=O)N1CCC(N2CC(=O)N(c3ccccc3)C2=O)CC1. The van der Waals surface area contributed by atoms with E-state index in [4.69, 9.17) is 0 Å². The summed E-state index contributed by atoms with van der Waals surface area (Å²) in [6.45, 7) is 4.00. The highest BCUT2D eigenvalue weighted by Crippen LogP contribution is 2.26.